The largest absolute Gasteiger partial charge is 0.396 e. The maximum absolute atomic E-state index is 12.2. The molecule has 0 bridgehead atoms. The first kappa shape index (κ1) is 12.7. The third-order valence-corrected chi connectivity index (χ3v) is 1.92. The van der Waals surface area contributed by atoms with Crippen LogP contribution in [0.4, 0.5) is 19.0 Å². The number of aromatic nitrogens is 2. The molecule has 0 aliphatic carbocycles. The van der Waals surface area contributed by atoms with E-state index in [1.165, 1.54) is 6.07 Å². The fourth-order valence-electron chi connectivity index (χ4n) is 1.16. The second kappa shape index (κ2) is 3.92. The van der Waals surface area contributed by atoms with Crippen LogP contribution >= 0.6 is 0 Å². The predicted octanol–water partition coefficient (Wildman–Crippen LogP) is 2.46. The summed E-state index contributed by atoms with van der Waals surface area (Å²) >= 11 is 0. The molecule has 16 heavy (non-hydrogen) atoms. The summed E-state index contributed by atoms with van der Waals surface area (Å²) in [7, 11) is 0. The summed E-state index contributed by atoms with van der Waals surface area (Å²) < 4.78 is 36.5. The second-order valence-electron chi connectivity index (χ2n) is 4.64. The summed E-state index contributed by atoms with van der Waals surface area (Å²) in [6.45, 7) is 5.56. The molecule has 0 aromatic carbocycles. The smallest absolute Gasteiger partial charge is 0.384 e. The predicted molar refractivity (Wildman–Crippen MR) is 54.9 cm³/mol. The Bertz CT molecular complexity index is 380. The summed E-state index contributed by atoms with van der Waals surface area (Å²) in [5, 5.41) is 0. The molecule has 0 aliphatic rings. The highest BCUT2D eigenvalue weighted by Crippen LogP contribution is 2.24. The molecule has 0 saturated carbocycles. The van der Waals surface area contributed by atoms with Gasteiger partial charge in [-0.2, -0.15) is 13.2 Å². The number of hydrogen-bond donors (Lipinski definition) is 1. The van der Waals surface area contributed by atoms with Crippen LogP contribution in [0.15, 0.2) is 6.07 Å². The highest BCUT2D eigenvalue weighted by Gasteiger charge is 2.30. The summed E-state index contributed by atoms with van der Waals surface area (Å²) in [6, 6.07) is 1.50. The minimum absolute atomic E-state index is 0.0687. The normalized spacial score (nSPS) is 12.9. The second-order valence-corrected chi connectivity index (χ2v) is 4.64. The van der Waals surface area contributed by atoms with Gasteiger partial charge in [0.15, 0.2) is 0 Å². The van der Waals surface area contributed by atoms with E-state index in [9.17, 15) is 13.2 Å². The first-order valence-electron chi connectivity index (χ1n) is 4.78. The Morgan fingerprint density at radius 3 is 2.19 bits per heavy atom. The molecule has 0 aliphatic heterocycles. The number of hydrogen-bond acceptors (Lipinski definition) is 3. The number of nitrogen functional groups attached to an aromatic ring is 1. The molecule has 1 heterocycles. The van der Waals surface area contributed by atoms with Crippen LogP contribution in [0.3, 0.4) is 0 Å². The van der Waals surface area contributed by atoms with Gasteiger partial charge in [0.25, 0.3) is 0 Å². The van der Waals surface area contributed by atoms with Gasteiger partial charge >= 0.3 is 6.18 Å². The quantitative estimate of drug-likeness (QED) is 0.810. The molecule has 0 unspecified atom stereocenters. The number of halogens is 3. The molecule has 0 fully saturated rings. The first-order chi connectivity index (χ1) is 7.08. The van der Waals surface area contributed by atoms with Crippen molar-refractivity contribution in [2.45, 2.75) is 38.8 Å². The molecule has 0 atom stereocenters. The van der Waals surface area contributed by atoms with Crippen molar-refractivity contribution in [3.63, 3.8) is 0 Å². The van der Waals surface area contributed by atoms with Crippen molar-refractivity contribution in [1.29, 1.82) is 0 Å². The van der Waals surface area contributed by atoms with E-state index in [0.717, 1.165) is 0 Å². The molecule has 0 radical (unpaired) electrons. The Morgan fingerprint density at radius 1 is 1.19 bits per heavy atom. The zero-order valence-corrected chi connectivity index (χ0v) is 9.39. The minimum atomic E-state index is -4.32. The van der Waals surface area contributed by atoms with Crippen molar-refractivity contribution < 1.29 is 13.2 Å². The van der Waals surface area contributed by atoms with Gasteiger partial charge in [0.2, 0.25) is 0 Å². The Kier molecular flexibility index (Phi) is 3.12. The lowest BCUT2D eigenvalue weighted by Gasteiger charge is -2.18. The van der Waals surface area contributed by atoms with Gasteiger partial charge in [-0.15, -0.1) is 0 Å². The zero-order valence-electron chi connectivity index (χ0n) is 9.39. The lowest BCUT2D eigenvalue weighted by molar-refractivity contribution is -0.128. The van der Waals surface area contributed by atoms with Crippen LogP contribution in [0, 0.1) is 0 Å². The molecule has 2 N–H and O–H groups in total. The number of alkyl halides is 3. The average Bonchev–Trinajstić information content (AvgIpc) is 1.97. The molecule has 0 spiro atoms. The number of nitrogens with zero attached hydrogens (tertiary/aromatic N) is 2. The topological polar surface area (TPSA) is 51.8 Å². The van der Waals surface area contributed by atoms with Gasteiger partial charge < -0.3 is 5.73 Å². The molecule has 1 rings (SSSR count). The summed E-state index contributed by atoms with van der Waals surface area (Å²) in [5.41, 5.74) is 5.62. The van der Waals surface area contributed by atoms with Crippen LogP contribution in [-0.2, 0) is 11.8 Å². The molecule has 90 valence electrons. The SMILES string of the molecule is CC(C)(C)c1cc(N)nc(CC(F)(F)F)n1. The van der Waals surface area contributed by atoms with E-state index in [1.54, 1.807) is 0 Å². The number of anilines is 1. The van der Waals surface area contributed by atoms with E-state index >= 15 is 0 Å². The van der Waals surface area contributed by atoms with E-state index < -0.39 is 12.6 Å². The van der Waals surface area contributed by atoms with E-state index in [-0.39, 0.29) is 17.1 Å². The molecule has 0 amide bonds. The summed E-state index contributed by atoms with van der Waals surface area (Å²) in [5.74, 6) is -0.211. The highest BCUT2D eigenvalue weighted by molar-refractivity contribution is 5.32. The maximum atomic E-state index is 12.2. The van der Waals surface area contributed by atoms with Crippen LogP contribution in [-0.4, -0.2) is 16.1 Å². The standard InChI is InChI=1S/C10H14F3N3/c1-9(2,3)6-4-7(14)16-8(15-6)5-10(11,12)13/h4H,5H2,1-3H3,(H2,14,15,16). The van der Waals surface area contributed by atoms with Crippen LogP contribution in [0.2, 0.25) is 0 Å². The van der Waals surface area contributed by atoms with Gasteiger partial charge in [-0.1, -0.05) is 20.8 Å². The lowest BCUT2D eigenvalue weighted by atomic mass is 9.92. The number of nitrogens with two attached hydrogens (primary N) is 1. The summed E-state index contributed by atoms with van der Waals surface area (Å²) in [6.07, 6.45) is -5.47. The van der Waals surface area contributed by atoms with Crippen LogP contribution in [0.25, 0.3) is 0 Å². The summed E-state index contributed by atoms with van der Waals surface area (Å²) in [4.78, 5) is 7.46. The molecule has 0 saturated heterocycles. The van der Waals surface area contributed by atoms with Crippen molar-refractivity contribution in [3.05, 3.63) is 17.6 Å². The van der Waals surface area contributed by atoms with Gasteiger partial charge in [0, 0.05) is 11.5 Å². The molecule has 6 heteroatoms. The maximum Gasteiger partial charge on any atom is 0.396 e. The minimum Gasteiger partial charge on any atom is -0.384 e. The zero-order chi connectivity index (χ0) is 12.6. The Morgan fingerprint density at radius 2 is 1.75 bits per heavy atom. The molecule has 1 aromatic heterocycles. The van der Waals surface area contributed by atoms with Crippen molar-refractivity contribution >= 4 is 5.82 Å². The van der Waals surface area contributed by atoms with Gasteiger partial charge in [-0.05, 0) is 0 Å². The van der Waals surface area contributed by atoms with E-state index in [2.05, 4.69) is 9.97 Å². The van der Waals surface area contributed by atoms with E-state index in [1.807, 2.05) is 20.8 Å². The molecule has 3 nitrogen and oxygen atoms in total. The van der Waals surface area contributed by atoms with Crippen LogP contribution in [0.5, 0.6) is 0 Å². The van der Waals surface area contributed by atoms with Crippen LogP contribution < -0.4 is 5.73 Å². The number of rotatable bonds is 1. The van der Waals surface area contributed by atoms with Gasteiger partial charge in [0.1, 0.15) is 18.1 Å². The van der Waals surface area contributed by atoms with Crippen molar-refractivity contribution in [1.82, 2.24) is 9.97 Å². The van der Waals surface area contributed by atoms with E-state index in [0.29, 0.717) is 5.69 Å². The fraction of sp³-hybridized carbons (Fsp3) is 0.600. The Balaban J connectivity index is 3.09. The lowest BCUT2D eigenvalue weighted by Crippen LogP contribution is -2.20. The fourth-order valence-corrected chi connectivity index (χ4v) is 1.16. The highest BCUT2D eigenvalue weighted by atomic mass is 19.4. The van der Waals surface area contributed by atoms with E-state index in [4.69, 9.17) is 5.73 Å². The molecule has 1 aromatic rings. The molecular formula is C10H14F3N3. The Hall–Kier alpha value is -1.33. The average molecular weight is 233 g/mol. The van der Waals surface area contributed by atoms with Gasteiger partial charge in [0.05, 0.1) is 5.69 Å². The van der Waals surface area contributed by atoms with Crippen molar-refractivity contribution in [3.8, 4) is 0 Å². The first-order valence-corrected chi connectivity index (χ1v) is 4.78. The third kappa shape index (κ3) is 3.67. The molecular weight excluding hydrogens is 219 g/mol. The van der Waals surface area contributed by atoms with Crippen molar-refractivity contribution in [2.75, 3.05) is 5.73 Å². The third-order valence-electron chi connectivity index (χ3n) is 1.92. The van der Waals surface area contributed by atoms with Gasteiger partial charge in [-0.3, -0.25) is 0 Å². The Labute approximate surface area is 91.9 Å². The van der Waals surface area contributed by atoms with Crippen molar-refractivity contribution in [2.24, 2.45) is 0 Å². The van der Waals surface area contributed by atoms with Crippen LogP contribution in [0.1, 0.15) is 32.3 Å². The monoisotopic (exact) mass is 233 g/mol. The van der Waals surface area contributed by atoms with Gasteiger partial charge in [-0.25, -0.2) is 9.97 Å².